The van der Waals surface area contributed by atoms with E-state index in [2.05, 4.69) is 22.2 Å². The molecule has 2 unspecified atom stereocenters. The van der Waals surface area contributed by atoms with Gasteiger partial charge in [-0.15, -0.1) is 0 Å². The average molecular weight is 413 g/mol. The van der Waals surface area contributed by atoms with Crippen LogP contribution in [0.2, 0.25) is 5.02 Å². The lowest BCUT2D eigenvalue weighted by Gasteiger charge is -2.34. The van der Waals surface area contributed by atoms with E-state index in [1.54, 1.807) is 0 Å². The van der Waals surface area contributed by atoms with Crippen LogP contribution >= 0.6 is 11.6 Å². The summed E-state index contributed by atoms with van der Waals surface area (Å²) in [6.45, 7) is 7.85. The highest BCUT2D eigenvalue weighted by atomic mass is 35.5. The molecule has 29 heavy (non-hydrogen) atoms. The molecule has 0 aliphatic carbocycles. The molecule has 3 aromatic rings. The molecule has 1 aliphatic heterocycles. The summed E-state index contributed by atoms with van der Waals surface area (Å²) in [6.07, 6.45) is 1.65. The number of fused-ring (bicyclic) bond motifs is 1. The van der Waals surface area contributed by atoms with E-state index in [4.69, 9.17) is 16.3 Å². The van der Waals surface area contributed by atoms with Crippen LogP contribution in [-0.2, 0) is 16.1 Å². The van der Waals surface area contributed by atoms with Crippen molar-refractivity contribution < 1.29 is 9.53 Å². The number of pyridine rings is 1. The molecule has 3 heterocycles. The molecule has 2 atom stereocenters. The van der Waals surface area contributed by atoms with Gasteiger partial charge in [0.1, 0.15) is 6.10 Å². The van der Waals surface area contributed by atoms with Crippen molar-refractivity contribution >= 4 is 28.3 Å². The topological polar surface area (TPSA) is 60.2 Å². The monoisotopic (exact) mass is 412 g/mol. The summed E-state index contributed by atoms with van der Waals surface area (Å²) < 4.78 is 7.76. The number of nitrogens with zero attached hydrogens (tertiary/aromatic N) is 4. The van der Waals surface area contributed by atoms with Crippen molar-refractivity contribution in [1.82, 2.24) is 19.7 Å². The van der Waals surface area contributed by atoms with Gasteiger partial charge in [0.25, 0.3) is 0 Å². The maximum absolute atomic E-state index is 13.1. The molecule has 1 saturated heterocycles. The lowest BCUT2D eigenvalue weighted by atomic mass is 10.1. The van der Waals surface area contributed by atoms with Gasteiger partial charge in [-0.3, -0.25) is 14.5 Å². The van der Waals surface area contributed by atoms with Crippen LogP contribution in [0, 0.1) is 19.8 Å². The zero-order valence-corrected chi connectivity index (χ0v) is 17.7. The van der Waals surface area contributed by atoms with Gasteiger partial charge in [0.2, 0.25) is 5.91 Å². The molecule has 0 N–H and O–H groups in total. The number of carbonyl (C=O) groups is 1. The van der Waals surface area contributed by atoms with Crippen molar-refractivity contribution in [3.63, 3.8) is 0 Å². The Morgan fingerprint density at radius 1 is 1.31 bits per heavy atom. The maximum atomic E-state index is 13.1. The van der Waals surface area contributed by atoms with E-state index in [0.29, 0.717) is 31.3 Å². The van der Waals surface area contributed by atoms with Gasteiger partial charge in [0.05, 0.1) is 47.7 Å². The molecule has 7 heteroatoms. The summed E-state index contributed by atoms with van der Waals surface area (Å²) in [7, 11) is 0. The van der Waals surface area contributed by atoms with Gasteiger partial charge >= 0.3 is 0 Å². The minimum Gasteiger partial charge on any atom is -0.368 e. The Morgan fingerprint density at radius 2 is 2.07 bits per heavy atom. The highest BCUT2D eigenvalue weighted by Crippen LogP contribution is 2.25. The van der Waals surface area contributed by atoms with Gasteiger partial charge < -0.3 is 9.64 Å². The van der Waals surface area contributed by atoms with E-state index in [9.17, 15) is 4.79 Å². The van der Waals surface area contributed by atoms with E-state index in [0.717, 1.165) is 27.9 Å². The van der Waals surface area contributed by atoms with Crippen LogP contribution in [0.4, 0.5) is 0 Å². The van der Waals surface area contributed by atoms with Crippen LogP contribution in [-0.4, -0.2) is 45.3 Å². The van der Waals surface area contributed by atoms with E-state index >= 15 is 0 Å². The molecule has 6 nitrogen and oxygen atoms in total. The van der Waals surface area contributed by atoms with Crippen LogP contribution in [0.15, 0.2) is 36.5 Å². The second kappa shape index (κ2) is 8.13. The van der Waals surface area contributed by atoms with Crippen LogP contribution in [0.3, 0.4) is 0 Å². The second-order valence-electron chi connectivity index (χ2n) is 7.67. The SMILES string of the molecule is Cc1nn(CC(C)C(=O)N2CCOC(c3cc4ccccc4cn3)C2)c(C)c1Cl. The van der Waals surface area contributed by atoms with Gasteiger partial charge in [-0.25, -0.2) is 0 Å². The Hall–Kier alpha value is -2.44. The van der Waals surface area contributed by atoms with Crippen molar-refractivity contribution in [3.8, 4) is 0 Å². The van der Waals surface area contributed by atoms with E-state index in [1.807, 2.05) is 54.7 Å². The average Bonchev–Trinajstić information content (AvgIpc) is 2.99. The number of amides is 1. The first kappa shape index (κ1) is 19.9. The van der Waals surface area contributed by atoms with E-state index in [1.165, 1.54) is 0 Å². The molecule has 1 fully saturated rings. The number of benzene rings is 1. The maximum Gasteiger partial charge on any atom is 0.227 e. The Bertz CT molecular complexity index is 1050. The summed E-state index contributed by atoms with van der Waals surface area (Å²) in [4.78, 5) is 19.5. The fourth-order valence-electron chi connectivity index (χ4n) is 3.81. The standard InChI is InChI=1S/C22H25ClN4O2/c1-14(12-27-16(3)21(23)15(2)25-27)22(28)26-8-9-29-20(13-26)19-10-17-6-4-5-7-18(17)11-24-19/h4-7,10-11,14,20H,8-9,12-13H2,1-3H3. The lowest BCUT2D eigenvalue weighted by Crippen LogP contribution is -2.45. The van der Waals surface area contributed by atoms with Gasteiger partial charge in [-0.05, 0) is 25.3 Å². The number of ether oxygens (including phenoxy) is 1. The first-order chi connectivity index (χ1) is 13.9. The third-order valence-corrected chi connectivity index (χ3v) is 6.07. The first-order valence-electron chi connectivity index (χ1n) is 9.88. The van der Waals surface area contributed by atoms with Crippen molar-refractivity contribution in [1.29, 1.82) is 0 Å². The minimum absolute atomic E-state index is 0.0998. The lowest BCUT2D eigenvalue weighted by molar-refractivity contribution is -0.143. The first-order valence-corrected chi connectivity index (χ1v) is 10.3. The summed E-state index contributed by atoms with van der Waals surface area (Å²) in [5, 5.41) is 7.33. The molecule has 0 bridgehead atoms. The van der Waals surface area contributed by atoms with E-state index < -0.39 is 0 Å². The number of aryl methyl sites for hydroxylation is 1. The number of hydrogen-bond acceptors (Lipinski definition) is 4. The Kier molecular flexibility index (Phi) is 5.56. The highest BCUT2D eigenvalue weighted by Gasteiger charge is 2.29. The largest absolute Gasteiger partial charge is 0.368 e. The van der Waals surface area contributed by atoms with Crippen LogP contribution in [0.25, 0.3) is 10.8 Å². The van der Waals surface area contributed by atoms with Gasteiger partial charge in [0, 0.05) is 18.1 Å². The smallest absolute Gasteiger partial charge is 0.227 e. The molecule has 0 spiro atoms. The van der Waals surface area contributed by atoms with Gasteiger partial charge in [-0.1, -0.05) is 42.8 Å². The summed E-state index contributed by atoms with van der Waals surface area (Å²) in [5.74, 6) is -0.102. The van der Waals surface area contributed by atoms with Crippen molar-refractivity contribution in [2.45, 2.75) is 33.4 Å². The molecule has 0 saturated carbocycles. The fraction of sp³-hybridized carbons (Fsp3) is 0.409. The molecule has 152 valence electrons. The summed E-state index contributed by atoms with van der Waals surface area (Å²) in [6, 6.07) is 10.2. The number of hydrogen-bond donors (Lipinski definition) is 0. The molecule has 2 aromatic heterocycles. The van der Waals surface area contributed by atoms with Crippen LogP contribution < -0.4 is 0 Å². The molecule has 0 radical (unpaired) electrons. The molecular weight excluding hydrogens is 388 g/mol. The molecule has 1 aliphatic rings. The quantitative estimate of drug-likeness (QED) is 0.651. The van der Waals surface area contributed by atoms with Crippen molar-refractivity contribution in [3.05, 3.63) is 58.6 Å². The third kappa shape index (κ3) is 4.00. The van der Waals surface area contributed by atoms with Crippen molar-refractivity contribution in [2.24, 2.45) is 5.92 Å². The molecule has 4 rings (SSSR count). The van der Waals surface area contributed by atoms with Gasteiger partial charge in [-0.2, -0.15) is 5.10 Å². The van der Waals surface area contributed by atoms with E-state index in [-0.39, 0.29) is 17.9 Å². The number of morpholine rings is 1. The summed E-state index contributed by atoms with van der Waals surface area (Å²) in [5.41, 5.74) is 2.54. The molecule has 1 amide bonds. The molecular formula is C22H25ClN4O2. The highest BCUT2D eigenvalue weighted by molar-refractivity contribution is 6.31. The zero-order chi connectivity index (χ0) is 20.5. The Morgan fingerprint density at radius 3 is 2.79 bits per heavy atom. The number of rotatable bonds is 4. The minimum atomic E-state index is -0.215. The summed E-state index contributed by atoms with van der Waals surface area (Å²) >= 11 is 6.24. The molecule has 1 aromatic carbocycles. The zero-order valence-electron chi connectivity index (χ0n) is 16.9. The Labute approximate surface area is 175 Å². The second-order valence-corrected chi connectivity index (χ2v) is 8.05. The van der Waals surface area contributed by atoms with Gasteiger partial charge in [0.15, 0.2) is 0 Å². The van der Waals surface area contributed by atoms with Crippen molar-refractivity contribution in [2.75, 3.05) is 19.7 Å². The number of aromatic nitrogens is 3. The predicted octanol–water partition coefficient (Wildman–Crippen LogP) is 3.94. The van der Waals surface area contributed by atoms with Crippen LogP contribution in [0.1, 0.15) is 30.1 Å². The van der Waals surface area contributed by atoms with Crippen LogP contribution in [0.5, 0.6) is 0 Å². The predicted molar refractivity (Wildman–Crippen MR) is 113 cm³/mol. The third-order valence-electron chi connectivity index (χ3n) is 5.52. The number of carbonyl (C=O) groups excluding carboxylic acids is 1. The normalized spacial score (nSPS) is 18.2. The fourth-order valence-corrected chi connectivity index (χ4v) is 3.94. The Balaban J connectivity index is 1.46. The number of halogens is 1.